The molecule has 3 rings (SSSR count). The van der Waals surface area contributed by atoms with Gasteiger partial charge < -0.3 is 25.2 Å². The van der Waals surface area contributed by atoms with E-state index in [9.17, 15) is 23.9 Å². The van der Waals surface area contributed by atoms with E-state index >= 15 is 0 Å². The fourth-order valence-electron chi connectivity index (χ4n) is 3.60. The van der Waals surface area contributed by atoms with Crippen LogP contribution in [0.25, 0.3) is 17.0 Å². The zero-order valence-electron chi connectivity index (χ0n) is 22.5. The summed E-state index contributed by atoms with van der Waals surface area (Å²) >= 11 is 0. The molecule has 10 heteroatoms. The quantitative estimate of drug-likeness (QED) is 0.193. The molecule has 4 N–H and O–H groups in total. The molecule has 1 aromatic heterocycles. The Morgan fingerprint density at radius 3 is 2.47 bits per heavy atom. The maximum Gasteiger partial charge on any atom is 0.335 e. The molecule has 38 heavy (non-hydrogen) atoms. The van der Waals surface area contributed by atoms with Crippen molar-refractivity contribution in [1.29, 1.82) is 0 Å². The highest BCUT2D eigenvalue weighted by atomic mass is 28.4. The lowest BCUT2D eigenvalue weighted by atomic mass is 10.1. The molecule has 202 valence electrons. The van der Waals surface area contributed by atoms with Crippen molar-refractivity contribution < 1.29 is 23.5 Å². The number of amides is 1. The summed E-state index contributed by atoms with van der Waals surface area (Å²) in [5.41, 5.74) is 0.773. The van der Waals surface area contributed by atoms with Crippen molar-refractivity contribution in [2.75, 3.05) is 24.3 Å². The van der Waals surface area contributed by atoms with E-state index in [4.69, 9.17) is 4.43 Å². The molecule has 0 radical (unpaired) electrons. The van der Waals surface area contributed by atoms with Crippen LogP contribution in [0.1, 0.15) is 53.5 Å². The molecular formula is C28H34FN3O5Si. The number of carboxylic acids is 1. The Kier molecular flexibility index (Phi) is 8.58. The molecule has 2 aromatic carbocycles. The maximum atomic E-state index is 14.0. The van der Waals surface area contributed by atoms with Crippen molar-refractivity contribution >= 4 is 48.5 Å². The van der Waals surface area contributed by atoms with Crippen LogP contribution in [-0.4, -0.2) is 43.9 Å². The van der Waals surface area contributed by atoms with Crippen molar-refractivity contribution in [3.63, 3.8) is 0 Å². The number of H-pyrrole nitrogens is 1. The molecular weight excluding hydrogens is 505 g/mol. The number of aromatic carboxylic acids is 1. The van der Waals surface area contributed by atoms with E-state index in [-0.39, 0.29) is 16.2 Å². The SMILES string of the molecule is CNc1cc(F)cc2cc(C(=O)Nc3ccc(C(=O)O)cc3/C=C/CCO[Si](C)(C)C(C)(C)C)c(=O)[nH]c12. The summed E-state index contributed by atoms with van der Waals surface area (Å²) < 4.78 is 20.2. The summed E-state index contributed by atoms with van der Waals surface area (Å²) in [6.45, 7) is 11.4. The molecule has 0 spiro atoms. The minimum Gasteiger partial charge on any atom is -0.478 e. The second-order valence-electron chi connectivity index (χ2n) is 10.5. The first-order chi connectivity index (χ1) is 17.7. The molecule has 3 aromatic rings. The van der Waals surface area contributed by atoms with E-state index in [0.29, 0.717) is 40.9 Å². The number of hydrogen-bond donors (Lipinski definition) is 4. The third-order valence-electron chi connectivity index (χ3n) is 6.83. The number of hydrogen-bond acceptors (Lipinski definition) is 5. The van der Waals surface area contributed by atoms with Gasteiger partial charge in [0, 0.05) is 24.7 Å². The fraction of sp³-hybridized carbons (Fsp3) is 0.321. The second-order valence-corrected chi connectivity index (χ2v) is 15.4. The highest BCUT2D eigenvalue weighted by Gasteiger charge is 2.36. The topological polar surface area (TPSA) is 121 Å². The smallest absolute Gasteiger partial charge is 0.335 e. The first-order valence-electron chi connectivity index (χ1n) is 12.3. The zero-order chi connectivity index (χ0) is 28.3. The van der Waals surface area contributed by atoms with E-state index in [1.807, 2.05) is 6.08 Å². The Bertz CT molecular complexity index is 1460. The number of aromatic amines is 1. The molecule has 0 fully saturated rings. The minimum absolute atomic E-state index is 0.0544. The summed E-state index contributed by atoms with van der Waals surface area (Å²) in [6, 6.07) is 8.09. The molecule has 8 nitrogen and oxygen atoms in total. The van der Waals surface area contributed by atoms with Crippen LogP contribution >= 0.6 is 0 Å². The molecule has 0 saturated heterocycles. The first kappa shape index (κ1) is 28.8. The number of pyridine rings is 1. The van der Waals surface area contributed by atoms with Gasteiger partial charge in [0.1, 0.15) is 11.4 Å². The average Bonchev–Trinajstić information content (AvgIpc) is 2.83. The van der Waals surface area contributed by atoms with Gasteiger partial charge in [-0.05, 0) is 66.5 Å². The van der Waals surface area contributed by atoms with Gasteiger partial charge in [-0.2, -0.15) is 0 Å². The number of anilines is 2. The second kappa shape index (κ2) is 11.3. The van der Waals surface area contributed by atoms with E-state index in [1.165, 1.54) is 36.4 Å². The van der Waals surface area contributed by atoms with Crippen molar-refractivity contribution in [3.8, 4) is 0 Å². The van der Waals surface area contributed by atoms with E-state index < -0.39 is 31.6 Å². The lowest BCUT2D eigenvalue weighted by molar-refractivity contribution is 0.0696. The van der Waals surface area contributed by atoms with Crippen LogP contribution in [0.4, 0.5) is 15.8 Å². The van der Waals surface area contributed by atoms with Crippen LogP contribution in [0.3, 0.4) is 0 Å². The number of aromatic nitrogens is 1. The van der Waals surface area contributed by atoms with Gasteiger partial charge in [-0.1, -0.05) is 32.9 Å². The van der Waals surface area contributed by atoms with Crippen molar-refractivity contribution in [2.45, 2.75) is 45.3 Å². The Morgan fingerprint density at radius 2 is 1.84 bits per heavy atom. The number of carbonyl (C=O) groups is 2. The highest BCUT2D eigenvalue weighted by molar-refractivity contribution is 6.74. The Labute approximate surface area is 222 Å². The number of carboxylic acid groups (broad SMARTS) is 1. The zero-order valence-corrected chi connectivity index (χ0v) is 23.5. The van der Waals surface area contributed by atoms with Crippen molar-refractivity contribution in [3.05, 3.63) is 75.3 Å². The standard InChI is InChI=1S/C28H34FN3O5Si/c1-28(2,3)38(5,6)37-12-8-7-9-17-13-18(27(35)36)10-11-22(17)31-25(33)21-15-19-14-20(29)16-23(30-4)24(19)32-26(21)34/h7,9-11,13-16,30H,8,12H2,1-6H3,(H,31,33)(H,32,34)(H,35,36)/b9-7+. The first-order valence-corrected chi connectivity index (χ1v) is 15.2. The van der Waals surface area contributed by atoms with Crippen molar-refractivity contribution in [2.24, 2.45) is 0 Å². The van der Waals surface area contributed by atoms with Crippen LogP contribution < -0.4 is 16.2 Å². The normalized spacial score (nSPS) is 12.2. The monoisotopic (exact) mass is 539 g/mol. The van der Waals surface area contributed by atoms with Gasteiger partial charge in [0.2, 0.25) is 0 Å². The lowest BCUT2D eigenvalue weighted by Crippen LogP contribution is -2.40. The average molecular weight is 540 g/mol. The fourth-order valence-corrected chi connectivity index (χ4v) is 4.66. The summed E-state index contributed by atoms with van der Waals surface area (Å²) in [7, 11) is -0.292. The molecule has 1 amide bonds. The third-order valence-corrected chi connectivity index (χ3v) is 11.4. The van der Waals surface area contributed by atoms with E-state index in [2.05, 4.69) is 49.5 Å². The van der Waals surface area contributed by atoms with Crippen molar-refractivity contribution in [1.82, 2.24) is 4.98 Å². The lowest BCUT2D eigenvalue weighted by Gasteiger charge is -2.36. The van der Waals surface area contributed by atoms with Crippen LogP contribution in [0.5, 0.6) is 0 Å². The maximum absolute atomic E-state index is 14.0. The van der Waals surface area contributed by atoms with E-state index in [1.54, 1.807) is 13.1 Å². The summed E-state index contributed by atoms with van der Waals surface area (Å²) in [5.74, 6) is -2.33. The molecule has 0 unspecified atom stereocenters. The Morgan fingerprint density at radius 1 is 1.13 bits per heavy atom. The molecule has 0 aliphatic heterocycles. The summed E-state index contributed by atoms with van der Waals surface area (Å²) in [5, 5.41) is 15.4. The largest absolute Gasteiger partial charge is 0.478 e. The number of fused-ring (bicyclic) bond motifs is 1. The molecule has 0 atom stereocenters. The van der Waals surface area contributed by atoms with Crippen LogP contribution in [0, 0.1) is 5.82 Å². The summed E-state index contributed by atoms with van der Waals surface area (Å²) in [4.78, 5) is 39.9. The minimum atomic E-state index is -1.89. The van der Waals surface area contributed by atoms with E-state index in [0.717, 1.165) is 0 Å². The van der Waals surface area contributed by atoms with Gasteiger partial charge in [-0.15, -0.1) is 0 Å². The number of carbonyl (C=O) groups excluding carboxylic acids is 1. The number of benzene rings is 2. The van der Waals surface area contributed by atoms with Gasteiger partial charge in [0.25, 0.3) is 11.5 Å². The van der Waals surface area contributed by atoms with Gasteiger partial charge >= 0.3 is 5.97 Å². The van der Waals surface area contributed by atoms with Gasteiger partial charge in [-0.25, -0.2) is 9.18 Å². The predicted molar refractivity (Wildman–Crippen MR) is 152 cm³/mol. The number of rotatable bonds is 9. The van der Waals surface area contributed by atoms with Crippen LogP contribution in [0.15, 0.2) is 47.3 Å². The number of halogens is 1. The number of nitrogens with one attached hydrogen (secondary N) is 3. The Balaban J connectivity index is 1.86. The molecule has 0 aliphatic rings. The van der Waals surface area contributed by atoms with Crippen LogP contribution in [0.2, 0.25) is 18.1 Å². The third kappa shape index (κ3) is 6.56. The van der Waals surface area contributed by atoms with Gasteiger partial charge in [0.05, 0.1) is 16.8 Å². The molecule has 0 bridgehead atoms. The molecule has 0 saturated carbocycles. The molecule has 0 aliphatic carbocycles. The Hall–Kier alpha value is -3.76. The summed E-state index contributed by atoms with van der Waals surface area (Å²) in [6.07, 6.45) is 4.17. The van der Waals surface area contributed by atoms with Gasteiger partial charge in [-0.3, -0.25) is 9.59 Å². The van der Waals surface area contributed by atoms with Gasteiger partial charge in [0.15, 0.2) is 8.32 Å². The predicted octanol–water partition coefficient (Wildman–Crippen LogP) is 6.08. The highest BCUT2D eigenvalue weighted by Crippen LogP contribution is 2.36. The molecule has 1 heterocycles. The van der Waals surface area contributed by atoms with Crippen LogP contribution in [-0.2, 0) is 4.43 Å².